The molecule has 0 aromatic heterocycles. The Bertz CT molecular complexity index is 323. The highest BCUT2D eigenvalue weighted by Gasteiger charge is 2.51. The van der Waals surface area contributed by atoms with Gasteiger partial charge in [-0.05, 0) is 25.2 Å². The number of allylic oxidation sites excluding steroid dienone is 2. The third-order valence-corrected chi connectivity index (χ3v) is 4.10. The lowest BCUT2D eigenvalue weighted by molar-refractivity contribution is -0.133. The van der Waals surface area contributed by atoms with Crippen molar-refractivity contribution in [3.05, 3.63) is 11.6 Å². The molecule has 1 amide bonds. The van der Waals surface area contributed by atoms with E-state index in [1.54, 1.807) is 7.05 Å². The zero-order valence-electron chi connectivity index (χ0n) is 8.31. The van der Waals surface area contributed by atoms with Gasteiger partial charge < -0.3 is 10.0 Å². The summed E-state index contributed by atoms with van der Waals surface area (Å²) in [6, 6.07) is 0. The van der Waals surface area contributed by atoms with E-state index in [9.17, 15) is 9.90 Å². The van der Waals surface area contributed by atoms with Crippen LogP contribution in [0.5, 0.6) is 0 Å². The van der Waals surface area contributed by atoms with Crippen molar-refractivity contribution in [1.82, 2.24) is 4.90 Å². The van der Waals surface area contributed by atoms with Crippen LogP contribution in [0.2, 0.25) is 0 Å². The lowest BCUT2D eigenvalue weighted by atomic mass is 9.78. The van der Waals surface area contributed by atoms with E-state index in [4.69, 9.17) is 0 Å². The molecule has 2 bridgehead atoms. The Morgan fingerprint density at radius 1 is 1.57 bits per heavy atom. The van der Waals surface area contributed by atoms with E-state index >= 15 is 0 Å². The summed E-state index contributed by atoms with van der Waals surface area (Å²) in [7, 11) is 1.71. The fourth-order valence-electron chi connectivity index (χ4n) is 3.34. The fraction of sp³-hybridized carbons (Fsp3) is 0.727. The molecular weight excluding hydrogens is 178 g/mol. The molecule has 1 fully saturated rings. The molecule has 3 heteroatoms. The maximum absolute atomic E-state index is 11.8. The standard InChI is InChI=1S/C11H15NO2/c1-12-10(13)8-5-6-2-3-7(4-6)9(8)11(12)14/h4,7-9,11,14H,2-3,5H2,1H3. The molecule has 0 aromatic rings. The lowest BCUT2D eigenvalue weighted by Gasteiger charge is -2.26. The summed E-state index contributed by atoms with van der Waals surface area (Å²) in [6.07, 6.45) is 4.90. The number of amides is 1. The van der Waals surface area contributed by atoms with E-state index in [1.165, 1.54) is 10.5 Å². The summed E-state index contributed by atoms with van der Waals surface area (Å²) in [5.74, 6) is 0.828. The van der Waals surface area contributed by atoms with Crippen LogP contribution in [0.25, 0.3) is 0 Å². The Balaban J connectivity index is 1.99. The number of hydrogen-bond donors (Lipinski definition) is 1. The predicted molar refractivity (Wildman–Crippen MR) is 51.2 cm³/mol. The van der Waals surface area contributed by atoms with Gasteiger partial charge in [0.1, 0.15) is 6.23 Å². The van der Waals surface area contributed by atoms with Crippen molar-refractivity contribution in [3.8, 4) is 0 Å². The second kappa shape index (κ2) is 2.60. The van der Waals surface area contributed by atoms with E-state index in [-0.39, 0.29) is 17.7 Å². The fourth-order valence-corrected chi connectivity index (χ4v) is 3.34. The van der Waals surface area contributed by atoms with Gasteiger partial charge in [0.2, 0.25) is 5.91 Å². The van der Waals surface area contributed by atoms with E-state index in [0.717, 1.165) is 19.3 Å². The van der Waals surface area contributed by atoms with Crippen molar-refractivity contribution in [2.45, 2.75) is 25.5 Å². The minimum atomic E-state index is -0.548. The van der Waals surface area contributed by atoms with Crippen molar-refractivity contribution >= 4 is 5.91 Å². The molecule has 0 saturated carbocycles. The van der Waals surface area contributed by atoms with Crippen molar-refractivity contribution in [2.24, 2.45) is 17.8 Å². The van der Waals surface area contributed by atoms with Gasteiger partial charge in [0.25, 0.3) is 0 Å². The van der Waals surface area contributed by atoms with Crippen LogP contribution in [0.3, 0.4) is 0 Å². The molecule has 0 radical (unpaired) electrons. The second-order valence-electron chi connectivity index (χ2n) is 4.78. The molecule has 4 atom stereocenters. The Morgan fingerprint density at radius 3 is 3.14 bits per heavy atom. The van der Waals surface area contributed by atoms with E-state index in [2.05, 4.69) is 6.08 Å². The zero-order valence-corrected chi connectivity index (χ0v) is 8.31. The van der Waals surface area contributed by atoms with E-state index in [1.807, 2.05) is 0 Å². The van der Waals surface area contributed by atoms with Gasteiger partial charge in [0, 0.05) is 18.9 Å². The van der Waals surface area contributed by atoms with Gasteiger partial charge in [-0.3, -0.25) is 4.79 Å². The van der Waals surface area contributed by atoms with E-state index in [0.29, 0.717) is 5.92 Å². The Morgan fingerprint density at radius 2 is 2.36 bits per heavy atom. The van der Waals surface area contributed by atoms with Gasteiger partial charge >= 0.3 is 0 Å². The highest BCUT2D eigenvalue weighted by Crippen LogP contribution is 2.49. The molecule has 1 N–H and O–H groups in total. The molecule has 1 saturated heterocycles. The largest absolute Gasteiger partial charge is 0.373 e. The van der Waals surface area contributed by atoms with Crippen molar-refractivity contribution in [1.29, 1.82) is 0 Å². The second-order valence-corrected chi connectivity index (χ2v) is 4.78. The van der Waals surface area contributed by atoms with E-state index < -0.39 is 6.23 Å². The summed E-state index contributed by atoms with van der Waals surface area (Å²) in [6.45, 7) is 0. The maximum Gasteiger partial charge on any atom is 0.228 e. The number of carbonyl (C=O) groups excluding carboxylic acids is 1. The number of carbonyl (C=O) groups is 1. The van der Waals surface area contributed by atoms with Gasteiger partial charge in [0.05, 0.1) is 0 Å². The minimum absolute atomic E-state index is 0.0718. The first-order valence-corrected chi connectivity index (χ1v) is 5.33. The minimum Gasteiger partial charge on any atom is -0.373 e. The molecule has 2 aliphatic carbocycles. The SMILES string of the molecule is CN1C(=O)C2CC3=CC(CC3)C2C1O. The lowest BCUT2D eigenvalue weighted by Crippen LogP contribution is -2.33. The topological polar surface area (TPSA) is 40.5 Å². The zero-order chi connectivity index (χ0) is 9.87. The van der Waals surface area contributed by atoms with Crippen LogP contribution in [0.4, 0.5) is 0 Å². The number of aliphatic hydroxyl groups is 1. The Labute approximate surface area is 83.4 Å². The number of fused-ring (bicyclic) bond motifs is 3. The van der Waals surface area contributed by atoms with Gasteiger partial charge in [-0.15, -0.1) is 0 Å². The third kappa shape index (κ3) is 0.883. The first-order chi connectivity index (χ1) is 6.68. The maximum atomic E-state index is 11.8. The normalized spacial score (nSPS) is 45.4. The predicted octanol–water partition coefficient (Wildman–Crippen LogP) is 0.749. The van der Waals surface area contributed by atoms with Gasteiger partial charge in [-0.2, -0.15) is 0 Å². The molecule has 3 rings (SSSR count). The molecule has 0 spiro atoms. The third-order valence-electron chi connectivity index (χ3n) is 4.10. The molecule has 0 aromatic carbocycles. The summed E-state index contributed by atoms with van der Waals surface area (Å²) in [5, 5.41) is 9.96. The monoisotopic (exact) mass is 193 g/mol. The average molecular weight is 193 g/mol. The van der Waals surface area contributed by atoms with Crippen LogP contribution in [0, 0.1) is 17.8 Å². The molecule has 1 heterocycles. The first-order valence-electron chi connectivity index (χ1n) is 5.33. The van der Waals surface area contributed by atoms with Crippen LogP contribution in [0.1, 0.15) is 19.3 Å². The van der Waals surface area contributed by atoms with Crippen molar-refractivity contribution in [2.75, 3.05) is 7.05 Å². The quantitative estimate of drug-likeness (QED) is 0.577. The molecule has 76 valence electrons. The summed E-state index contributed by atoms with van der Waals surface area (Å²) in [4.78, 5) is 13.3. The van der Waals surface area contributed by atoms with Gasteiger partial charge in [-0.25, -0.2) is 0 Å². The molecule has 14 heavy (non-hydrogen) atoms. The van der Waals surface area contributed by atoms with Crippen LogP contribution in [-0.2, 0) is 4.79 Å². The van der Waals surface area contributed by atoms with Crippen molar-refractivity contribution < 1.29 is 9.90 Å². The van der Waals surface area contributed by atoms with Crippen LogP contribution in [-0.4, -0.2) is 29.2 Å². The summed E-state index contributed by atoms with van der Waals surface area (Å²) >= 11 is 0. The summed E-state index contributed by atoms with van der Waals surface area (Å²) in [5.41, 5.74) is 1.44. The van der Waals surface area contributed by atoms with Crippen molar-refractivity contribution in [3.63, 3.8) is 0 Å². The molecule has 1 aliphatic heterocycles. The number of hydrogen-bond acceptors (Lipinski definition) is 2. The van der Waals surface area contributed by atoms with Crippen LogP contribution >= 0.6 is 0 Å². The number of rotatable bonds is 0. The first kappa shape index (κ1) is 8.48. The highest BCUT2D eigenvalue weighted by atomic mass is 16.3. The molecule has 4 unspecified atom stereocenters. The summed E-state index contributed by atoms with van der Waals surface area (Å²) < 4.78 is 0. The smallest absolute Gasteiger partial charge is 0.228 e. The molecule has 3 aliphatic rings. The van der Waals surface area contributed by atoms with Gasteiger partial charge in [-0.1, -0.05) is 11.6 Å². The Kier molecular flexibility index (Phi) is 1.57. The Hall–Kier alpha value is -0.830. The average Bonchev–Trinajstić information content (AvgIpc) is 2.65. The number of likely N-dealkylation sites (tertiary alicyclic amines) is 1. The number of aliphatic hydroxyl groups excluding tert-OH is 1. The van der Waals surface area contributed by atoms with Gasteiger partial charge in [0.15, 0.2) is 0 Å². The molecule has 3 nitrogen and oxygen atoms in total. The highest BCUT2D eigenvalue weighted by molar-refractivity contribution is 5.82. The number of nitrogens with zero attached hydrogens (tertiary/aromatic N) is 1. The molecular formula is C11H15NO2. The van der Waals surface area contributed by atoms with Crippen LogP contribution in [0.15, 0.2) is 11.6 Å². The van der Waals surface area contributed by atoms with Crippen LogP contribution < -0.4 is 0 Å².